The lowest BCUT2D eigenvalue weighted by molar-refractivity contribution is -0.137. The van der Waals surface area contributed by atoms with Crippen molar-refractivity contribution in [2.45, 2.75) is 25.3 Å². The number of benzene rings is 1. The molecule has 0 aliphatic carbocycles. The topological polar surface area (TPSA) is 107 Å². The van der Waals surface area contributed by atoms with Crippen LogP contribution < -0.4 is 5.32 Å². The molecule has 1 saturated heterocycles. The van der Waals surface area contributed by atoms with Crippen molar-refractivity contribution in [3.63, 3.8) is 0 Å². The van der Waals surface area contributed by atoms with Crippen LogP contribution in [-0.4, -0.2) is 68.1 Å². The second-order valence-electron chi connectivity index (χ2n) is 8.98. The van der Waals surface area contributed by atoms with Crippen LogP contribution in [0.2, 0.25) is 5.02 Å². The predicted molar refractivity (Wildman–Crippen MR) is 136 cm³/mol. The van der Waals surface area contributed by atoms with E-state index in [0.717, 1.165) is 55.6 Å². The predicted octanol–water partition coefficient (Wildman–Crippen LogP) is 4.16. The van der Waals surface area contributed by atoms with E-state index in [0.29, 0.717) is 27.7 Å². The molecule has 1 fully saturated rings. The first kappa shape index (κ1) is 24.3. The molecule has 36 heavy (non-hydrogen) atoms. The normalized spacial score (nSPS) is 16.4. The maximum absolute atomic E-state index is 14.5. The molecule has 4 heterocycles. The van der Waals surface area contributed by atoms with Crippen molar-refractivity contribution in [3.8, 4) is 22.6 Å². The van der Waals surface area contributed by atoms with Gasteiger partial charge in [0.25, 0.3) is 0 Å². The first-order chi connectivity index (χ1) is 17.5. The standard InChI is InChI=1S/C26H26ClFN6O2/c27-17-3-4-20(28)19(11-17)25-26(32-15-31-25)22-6-5-21-23(33-22)10-16(13-30-21)2-1-8-34-9-7-29-18(14-34)12-24(35)36/h3-6,10-11,13,15,18,29H,1-2,7-9,12,14H2,(H,31,32)(H,35,36). The SMILES string of the molecule is O=C(O)CC1CN(CCCc2cnc3ccc(-c4[nH]cnc4-c4cc(Cl)ccc4F)nc3c2)CCN1. The van der Waals surface area contributed by atoms with Gasteiger partial charge >= 0.3 is 5.97 Å². The first-order valence-electron chi connectivity index (χ1n) is 11.9. The minimum Gasteiger partial charge on any atom is -0.481 e. The monoisotopic (exact) mass is 508 g/mol. The third-order valence-electron chi connectivity index (χ3n) is 6.37. The van der Waals surface area contributed by atoms with Crippen LogP contribution >= 0.6 is 11.6 Å². The number of rotatable bonds is 8. The largest absolute Gasteiger partial charge is 0.481 e. The highest BCUT2D eigenvalue weighted by molar-refractivity contribution is 6.30. The molecule has 8 nitrogen and oxygen atoms in total. The number of nitrogens with zero attached hydrogens (tertiary/aromatic N) is 4. The fourth-order valence-corrected chi connectivity index (χ4v) is 4.82. The lowest BCUT2D eigenvalue weighted by Gasteiger charge is -2.33. The summed E-state index contributed by atoms with van der Waals surface area (Å²) in [5.41, 5.74) is 4.61. The molecular weight excluding hydrogens is 483 g/mol. The van der Waals surface area contributed by atoms with E-state index in [1.54, 1.807) is 6.07 Å². The van der Waals surface area contributed by atoms with Crippen LogP contribution in [0.15, 0.2) is 48.9 Å². The highest BCUT2D eigenvalue weighted by Crippen LogP contribution is 2.32. The van der Waals surface area contributed by atoms with Gasteiger partial charge in [-0.1, -0.05) is 11.6 Å². The summed E-state index contributed by atoms with van der Waals surface area (Å²) in [6.07, 6.45) is 5.30. The molecule has 0 amide bonds. The molecule has 0 bridgehead atoms. The van der Waals surface area contributed by atoms with Gasteiger partial charge in [-0.3, -0.25) is 9.78 Å². The zero-order valence-electron chi connectivity index (χ0n) is 19.5. The van der Waals surface area contributed by atoms with E-state index >= 15 is 0 Å². The van der Waals surface area contributed by atoms with Crippen LogP contribution in [0.5, 0.6) is 0 Å². The minimum absolute atomic E-state index is 0.00559. The third-order valence-corrected chi connectivity index (χ3v) is 6.61. The lowest BCUT2D eigenvalue weighted by atomic mass is 10.1. The van der Waals surface area contributed by atoms with Gasteiger partial charge < -0.3 is 20.3 Å². The maximum atomic E-state index is 14.5. The van der Waals surface area contributed by atoms with E-state index in [4.69, 9.17) is 21.7 Å². The Morgan fingerprint density at radius 2 is 2.08 bits per heavy atom. The number of aliphatic carboxylic acids is 1. The smallest absolute Gasteiger partial charge is 0.304 e. The van der Waals surface area contributed by atoms with E-state index in [1.807, 2.05) is 24.4 Å². The minimum atomic E-state index is -0.775. The van der Waals surface area contributed by atoms with Crippen LogP contribution in [0, 0.1) is 5.82 Å². The number of halogens is 2. The zero-order valence-corrected chi connectivity index (χ0v) is 20.3. The molecule has 1 atom stereocenters. The molecule has 0 saturated carbocycles. The van der Waals surface area contributed by atoms with Gasteiger partial charge in [0.05, 0.1) is 35.2 Å². The first-order valence-corrected chi connectivity index (χ1v) is 12.3. The molecular formula is C26H26ClFN6O2. The highest BCUT2D eigenvalue weighted by Gasteiger charge is 2.21. The summed E-state index contributed by atoms with van der Waals surface area (Å²) in [5.74, 6) is -1.18. The number of aromatic amines is 1. The van der Waals surface area contributed by atoms with Crippen LogP contribution in [0.25, 0.3) is 33.7 Å². The number of carboxylic acid groups (broad SMARTS) is 1. The van der Waals surface area contributed by atoms with Gasteiger partial charge in [0.15, 0.2) is 0 Å². The molecule has 10 heteroatoms. The Kier molecular flexibility index (Phi) is 7.22. The molecule has 186 valence electrons. The van der Waals surface area contributed by atoms with Crippen LogP contribution in [-0.2, 0) is 11.2 Å². The lowest BCUT2D eigenvalue weighted by Crippen LogP contribution is -2.51. The van der Waals surface area contributed by atoms with E-state index in [-0.39, 0.29) is 12.5 Å². The fourth-order valence-electron chi connectivity index (χ4n) is 4.65. The van der Waals surface area contributed by atoms with E-state index < -0.39 is 11.8 Å². The molecule has 1 aliphatic heterocycles. The van der Waals surface area contributed by atoms with Gasteiger partial charge in [0, 0.05) is 42.5 Å². The van der Waals surface area contributed by atoms with Gasteiger partial charge in [-0.15, -0.1) is 0 Å². The quantitative estimate of drug-likeness (QED) is 0.328. The number of piperazine rings is 1. The van der Waals surface area contributed by atoms with Gasteiger partial charge in [-0.2, -0.15) is 0 Å². The van der Waals surface area contributed by atoms with Crippen molar-refractivity contribution in [1.82, 2.24) is 30.2 Å². The molecule has 0 spiro atoms. The highest BCUT2D eigenvalue weighted by atomic mass is 35.5. The summed E-state index contributed by atoms with van der Waals surface area (Å²) >= 11 is 6.09. The summed E-state index contributed by atoms with van der Waals surface area (Å²) in [5, 5.41) is 12.7. The molecule has 0 radical (unpaired) electrons. The van der Waals surface area contributed by atoms with Crippen LogP contribution in [0.3, 0.4) is 0 Å². The van der Waals surface area contributed by atoms with Crippen molar-refractivity contribution >= 4 is 28.6 Å². The number of fused-ring (bicyclic) bond motifs is 1. The van der Waals surface area contributed by atoms with Crippen LogP contribution in [0.4, 0.5) is 4.39 Å². The van der Waals surface area contributed by atoms with Gasteiger partial charge in [0.2, 0.25) is 0 Å². The summed E-state index contributed by atoms with van der Waals surface area (Å²) in [6, 6.07) is 10.1. The number of carboxylic acids is 1. The summed E-state index contributed by atoms with van der Waals surface area (Å²) < 4.78 is 14.5. The fraction of sp³-hybridized carbons (Fsp3) is 0.308. The number of imidazole rings is 1. The Balaban J connectivity index is 1.30. The number of hydrogen-bond donors (Lipinski definition) is 3. The van der Waals surface area contributed by atoms with Crippen LogP contribution in [0.1, 0.15) is 18.4 Å². The molecule has 3 aromatic heterocycles. The number of pyridine rings is 2. The number of nitrogens with one attached hydrogen (secondary N) is 2. The Hall–Kier alpha value is -3.40. The zero-order chi connectivity index (χ0) is 25.1. The molecule has 3 N–H and O–H groups in total. The van der Waals surface area contributed by atoms with Gasteiger partial charge in [-0.05, 0) is 61.3 Å². The van der Waals surface area contributed by atoms with E-state index in [9.17, 15) is 9.18 Å². The molecule has 5 rings (SSSR count). The third kappa shape index (κ3) is 5.53. The van der Waals surface area contributed by atoms with Gasteiger partial charge in [-0.25, -0.2) is 14.4 Å². The maximum Gasteiger partial charge on any atom is 0.304 e. The Morgan fingerprint density at radius 3 is 2.94 bits per heavy atom. The number of aromatic nitrogens is 4. The number of aryl methyl sites for hydroxylation is 1. The summed E-state index contributed by atoms with van der Waals surface area (Å²) in [4.78, 5) is 30.1. The van der Waals surface area contributed by atoms with Crippen molar-refractivity contribution in [1.29, 1.82) is 0 Å². The van der Waals surface area contributed by atoms with Crippen molar-refractivity contribution in [3.05, 3.63) is 65.3 Å². The van der Waals surface area contributed by atoms with Gasteiger partial charge in [0.1, 0.15) is 11.5 Å². The Morgan fingerprint density at radius 1 is 1.19 bits per heavy atom. The van der Waals surface area contributed by atoms with E-state index in [2.05, 4.69) is 25.2 Å². The number of H-pyrrole nitrogens is 1. The van der Waals surface area contributed by atoms with E-state index in [1.165, 1.54) is 18.5 Å². The second kappa shape index (κ2) is 10.7. The Bertz CT molecular complexity index is 1390. The van der Waals surface area contributed by atoms with Crippen molar-refractivity contribution in [2.24, 2.45) is 0 Å². The average molecular weight is 509 g/mol. The van der Waals surface area contributed by atoms with Crippen molar-refractivity contribution < 1.29 is 14.3 Å². The second-order valence-corrected chi connectivity index (χ2v) is 9.42. The summed E-state index contributed by atoms with van der Waals surface area (Å²) in [6.45, 7) is 3.35. The number of hydrogen-bond acceptors (Lipinski definition) is 6. The number of carbonyl (C=O) groups is 1. The van der Waals surface area contributed by atoms with Crippen molar-refractivity contribution in [2.75, 3.05) is 26.2 Å². The molecule has 1 aromatic carbocycles. The average Bonchev–Trinajstić information content (AvgIpc) is 3.35. The molecule has 4 aromatic rings. The summed E-state index contributed by atoms with van der Waals surface area (Å²) in [7, 11) is 0. The molecule has 1 unspecified atom stereocenters. The Labute approximate surface area is 212 Å². The molecule has 1 aliphatic rings.